The van der Waals surface area contributed by atoms with E-state index >= 15 is 0 Å². The predicted molar refractivity (Wildman–Crippen MR) is 69.5 cm³/mol. The number of hydrogen-bond acceptors (Lipinski definition) is 2. The Morgan fingerprint density at radius 3 is 2.71 bits per heavy atom. The number of aromatic hydroxyl groups is 1. The summed E-state index contributed by atoms with van der Waals surface area (Å²) >= 11 is 0. The van der Waals surface area contributed by atoms with Gasteiger partial charge < -0.3 is 10.8 Å². The molecular formula is C13H18ClNO2. The molecule has 0 spiro atoms. The van der Waals surface area contributed by atoms with E-state index in [1.165, 1.54) is 12.8 Å². The van der Waals surface area contributed by atoms with Crippen molar-refractivity contribution in [3.63, 3.8) is 0 Å². The summed E-state index contributed by atoms with van der Waals surface area (Å²) in [5.74, 6) is 0.698. The van der Waals surface area contributed by atoms with Gasteiger partial charge in [-0.1, -0.05) is 18.2 Å². The van der Waals surface area contributed by atoms with Crippen LogP contribution < -0.4 is 5.73 Å². The number of para-hydroxylation sites is 1. The highest BCUT2D eigenvalue weighted by molar-refractivity contribution is 5.85. The number of nitrogens with two attached hydrogens (primary N) is 1. The number of aryl methyl sites for hydroxylation is 1. The number of phenols is 1. The van der Waals surface area contributed by atoms with Gasteiger partial charge in [0.1, 0.15) is 5.75 Å². The van der Waals surface area contributed by atoms with Crippen LogP contribution in [0.25, 0.3) is 0 Å². The van der Waals surface area contributed by atoms with Gasteiger partial charge in [-0.15, -0.1) is 12.4 Å². The maximum absolute atomic E-state index is 10.6. The van der Waals surface area contributed by atoms with Crippen LogP contribution in [0.1, 0.15) is 42.7 Å². The van der Waals surface area contributed by atoms with Crippen LogP contribution in [0.2, 0.25) is 0 Å². The van der Waals surface area contributed by atoms with Crippen molar-refractivity contribution in [2.75, 3.05) is 0 Å². The number of hydrogen-bond donors (Lipinski definition) is 2. The van der Waals surface area contributed by atoms with E-state index in [-0.39, 0.29) is 18.3 Å². The summed E-state index contributed by atoms with van der Waals surface area (Å²) in [5, 5.41) is 10.0. The summed E-state index contributed by atoms with van der Waals surface area (Å²) in [6.07, 6.45) is 4.16. The number of phenolic OH excluding ortho intramolecular Hbond substituents is 1. The zero-order chi connectivity index (χ0) is 11.5. The number of amides is 1. The largest absolute Gasteiger partial charge is 0.507 e. The Bertz CT molecular complexity index is 402. The fourth-order valence-electron chi connectivity index (χ4n) is 1.99. The molecule has 0 aromatic heterocycles. The fraction of sp³-hybridized carbons (Fsp3) is 0.462. The lowest BCUT2D eigenvalue weighted by Crippen LogP contribution is -2.10. The van der Waals surface area contributed by atoms with Crippen LogP contribution >= 0.6 is 12.4 Å². The van der Waals surface area contributed by atoms with Crippen LogP contribution in [0, 0.1) is 0 Å². The van der Waals surface area contributed by atoms with Crippen molar-refractivity contribution in [1.82, 2.24) is 0 Å². The summed E-state index contributed by atoms with van der Waals surface area (Å²) in [4.78, 5) is 10.6. The first-order chi connectivity index (χ1) is 7.68. The van der Waals surface area contributed by atoms with Gasteiger partial charge in [0.15, 0.2) is 0 Å². The Balaban J connectivity index is 0.00000144. The zero-order valence-corrected chi connectivity index (χ0v) is 10.5. The Kier molecular flexibility index (Phi) is 4.82. The minimum atomic E-state index is -0.280. The predicted octanol–water partition coefficient (Wildman–Crippen LogP) is 2.50. The molecule has 0 atom stereocenters. The normalized spacial score (nSPS) is 14.1. The highest BCUT2D eigenvalue weighted by Crippen LogP contribution is 2.44. The van der Waals surface area contributed by atoms with Gasteiger partial charge in [0.05, 0.1) is 0 Å². The maximum Gasteiger partial charge on any atom is 0.217 e. The van der Waals surface area contributed by atoms with E-state index in [0.29, 0.717) is 24.5 Å². The Morgan fingerprint density at radius 1 is 1.41 bits per heavy atom. The minimum Gasteiger partial charge on any atom is -0.507 e. The fourth-order valence-corrected chi connectivity index (χ4v) is 1.99. The smallest absolute Gasteiger partial charge is 0.217 e. The molecule has 1 saturated carbocycles. The van der Waals surface area contributed by atoms with Crippen molar-refractivity contribution in [3.05, 3.63) is 29.3 Å². The van der Waals surface area contributed by atoms with E-state index in [4.69, 9.17) is 5.73 Å². The van der Waals surface area contributed by atoms with Crippen molar-refractivity contribution < 1.29 is 9.90 Å². The monoisotopic (exact) mass is 255 g/mol. The van der Waals surface area contributed by atoms with E-state index in [0.717, 1.165) is 17.5 Å². The molecule has 1 amide bonds. The molecule has 1 fully saturated rings. The molecule has 94 valence electrons. The summed E-state index contributed by atoms with van der Waals surface area (Å²) < 4.78 is 0. The van der Waals surface area contributed by atoms with Crippen LogP contribution in [0.15, 0.2) is 18.2 Å². The van der Waals surface area contributed by atoms with E-state index in [9.17, 15) is 9.90 Å². The molecule has 0 radical (unpaired) electrons. The second kappa shape index (κ2) is 5.92. The summed E-state index contributed by atoms with van der Waals surface area (Å²) in [6, 6.07) is 5.89. The molecule has 0 unspecified atom stereocenters. The standard InChI is InChI=1S/C13H17NO2.ClH/c14-12(15)6-2-4-10-3-1-5-11(13(10)16)9-7-8-9;/h1,3,5,9,16H,2,4,6-8H2,(H2,14,15);1H. The molecule has 0 saturated heterocycles. The topological polar surface area (TPSA) is 63.3 Å². The first kappa shape index (κ1) is 13.8. The molecule has 1 aromatic carbocycles. The molecule has 0 bridgehead atoms. The third-order valence-electron chi connectivity index (χ3n) is 3.04. The number of benzene rings is 1. The second-order valence-corrected chi connectivity index (χ2v) is 4.45. The lowest BCUT2D eigenvalue weighted by Gasteiger charge is -2.08. The Morgan fingerprint density at radius 2 is 2.12 bits per heavy atom. The maximum atomic E-state index is 10.6. The molecule has 17 heavy (non-hydrogen) atoms. The molecular weight excluding hydrogens is 238 g/mol. The molecule has 0 heterocycles. The van der Waals surface area contributed by atoms with Gasteiger partial charge in [0, 0.05) is 6.42 Å². The summed E-state index contributed by atoms with van der Waals surface area (Å²) in [7, 11) is 0. The van der Waals surface area contributed by atoms with Crippen LogP contribution in [0.4, 0.5) is 0 Å². The van der Waals surface area contributed by atoms with E-state index in [1.807, 2.05) is 18.2 Å². The number of carbonyl (C=O) groups is 1. The Labute approximate surface area is 107 Å². The van der Waals surface area contributed by atoms with Crippen LogP contribution in [-0.4, -0.2) is 11.0 Å². The molecule has 4 heteroatoms. The van der Waals surface area contributed by atoms with E-state index < -0.39 is 0 Å². The zero-order valence-electron chi connectivity index (χ0n) is 9.69. The molecule has 1 aliphatic rings. The number of primary amides is 1. The van der Waals surface area contributed by atoms with Gasteiger partial charge in [-0.3, -0.25) is 4.79 Å². The number of rotatable bonds is 5. The number of carbonyl (C=O) groups excluding carboxylic acids is 1. The molecule has 3 nitrogen and oxygen atoms in total. The lowest BCUT2D eigenvalue weighted by atomic mass is 10.0. The molecule has 1 aromatic rings. The highest BCUT2D eigenvalue weighted by Gasteiger charge is 2.26. The summed E-state index contributed by atoms with van der Waals surface area (Å²) in [5.41, 5.74) is 7.08. The highest BCUT2D eigenvalue weighted by atomic mass is 35.5. The van der Waals surface area contributed by atoms with Crippen molar-refractivity contribution in [1.29, 1.82) is 0 Å². The van der Waals surface area contributed by atoms with Crippen LogP contribution in [-0.2, 0) is 11.2 Å². The van der Waals surface area contributed by atoms with Gasteiger partial charge >= 0.3 is 0 Å². The van der Waals surface area contributed by atoms with E-state index in [1.54, 1.807) is 0 Å². The first-order valence-electron chi connectivity index (χ1n) is 5.77. The number of halogens is 1. The minimum absolute atomic E-state index is 0. The SMILES string of the molecule is Cl.NC(=O)CCCc1cccc(C2CC2)c1O. The third kappa shape index (κ3) is 3.63. The van der Waals surface area contributed by atoms with Crippen LogP contribution in [0.5, 0.6) is 5.75 Å². The van der Waals surface area contributed by atoms with Gasteiger partial charge in [-0.05, 0) is 42.7 Å². The quantitative estimate of drug-likeness (QED) is 0.849. The van der Waals surface area contributed by atoms with Gasteiger partial charge in [0.2, 0.25) is 5.91 Å². The molecule has 3 N–H and O–H groups in total. The van der Waals surface area contributed by atoms with E-state index in [2.05, 4.69) is 0 Å². The lowest BCUT2D eigenvalue weighted by molar-refractivity contribution is -0.118. The molecule has 0 aliphatic heterocycles. The van der Waals surface area contributed by atoms with Gasteiger partial charge in [-0.25, -0.2) is 0 Å². The Hall–Kier alpha value is -1.22. The second-order valence-electron chi connectivity index (χ2n) is 4.45. The van der Waals surface area contributed by atoms with Gasteiger partial charge in [-0.2, -0.15) is 0 Å². The average Bonchev–Trinajstić information content (AvgIpc) is 3.04. The van der Waals surface area contributed by atoms with Crippen molar-refractivity contribution >= 4 is 18.3 Å². The van der Waals surface area contributed by atoms with Crippen LogP contribution in [0.3, 0.4) is 0 Å². The molecule has 1 aliphatic carbocycles. The van der Waals surface area contributed by atoms with Gasteiger partial charge in [0.25, 0.3) is 0 Å². The third-order valence-corrected chi connectivity index (χ3v) is 3.04. The average molecular weight is 256 g/mol. The van der Waals surface area contributed by atoms with Crippen molar-refractivity contribution in [3.8, 4) is 5.75 Å². The van der Waals surface area contributed by atoms with Crippen molar-refractivity contribution in [2.45, 2.75) is 38.0 Å². The first-order valence-corrected chi connectivity index (χ1v) is 5.77. The molecule has 2 rings (SSSR count). The summed E-state index contributed by atoms with van der Waals surface area (Å²) in [6.45, 7) is 0. The van der Waals surface area contributed by atoms with Crippen molar-refractivity contribution in [2.24, 2.45) is 5.73 Å².